The van der Waals surface area contributed by atoms with Gasteiger partial charge < -0.3 is 4.74 Å². The zero-order valence-corrected chi connectivity index (χ0v) is 8.28. The van der Waals surface area contributed by atoms with Crippen molar-refractivity contribution in [2.75, 3.05) is 0 Å². The first-order valence-corrected chi connectivity index (χ1v) is 4.36. The Morgan fingerprint density at radius 2 is 2.36 bits per heavy atom. The summed E-state index contributed by atoms with van der Waals surface area (Å²) < 4.78 is 5.19. The fraction of sp³-hybridized carbons (Fsp3) is 0.200. The van der Waals surface area contributed by atoms with E-state index < -0.39 is 6.10 Å². The molecule has 72 valence electrons. The third-order valence-electron chi connectivity index (χ3n) is 1.60. The predicted molar refractivity (Wildman–Crippen MR) is 52.5 cm³/mol. The Kier molecular flexibility index (Phi) is 3.49. The van der Waals surface area contributed by atoms with E-state index in [1.807, 2.05) is 6.07 Å². The van der Waals surface area contributed by atoms with Gasteiger partial charge in [0.05, 0.1) is 10.6 Å². The minimum absolute atomic E-state index is 0.262. The van der Waals surface area contributed by atoms with Crippen LogP contribution in [0.5, 0.6) is 5.75 Å². The summed E-state index contributed by atoms with van der Waals surface area (Å²) in [5, 5.41) is 8.87. The highest BCUT2D eigenvalue weighted by Crippen LogP contribution is 2.28. The highest BCUT2D eigenvalue weighted by molar-refractivity contribution is 6.32. The molecule has 0 aromatic heterocycles. The topological polar surface area (TPSA) is 50.1 Å². The maximum Gasteiger partial charge on any atom is 0.181 e. The summed E-state index contributed by atoms with van der Waals surface area (Å²) in [4.78, 5) is 10.6. The molecule has 3 nitrogen and oxygen atoms in total. The van der Waals surface area contributed by atoms with Crippen LogP contribution in [0.3, 0.4) is 0 Å². The molecule has 0 radical (unpaired) electrons. The lowest BCUT2D eigenvalue weighted by Crippen LogP contribution is -2.10. The van der Waals surface area contributed by atoms with Crippen molar-refractivity contribution in [2.24, 2.45) is 0 Å². The highest BCUT2D eigenvalue weighted by Gasteiger charge is 2.10. The zero-order valence-electron chi connectivity index (χ0n) is 7.53. The molecule has 0 fully saturated rings. The number of carbonyl (C=O) groups is 1. The molecule has 0 amide bonds. The second-order valence-corrected chi connectivity index (χ2v) is 3.07. The quantitative estimate of drug-likeness (QED) is 0.719. The lowest BCUT2D eigenvalue weighted by molar-refractivity contribution is 0.111. The molecule has 0 aliphatic heterocycles. The molecular weight excluding hydrogens is 202 g/mol. The first-order chi connectivity index (χ1) is 6.69. The molecule has 4 heteroatoms. The van der Waals surface area contributed by atoms with Crippen LogP contribution >= 0.6 is 11.6 Å². The number of para-hydroxylation sites is 1. The van der Waals surface area contributed by atoms with Gasteiger partial charge in [0.25, 0.3) is 0 Å². The Labute approximate surface area is 86.9 Å². The Morgan fingerprint density at radius 1 is 1.64 bits per heavy atom. The van der Waals surface area contributed by atoms with Crippen LogP contribution in [0.2, 0.25) is 5.02 Å². The van der Waals surface area contributed by atoms with Crippen molar-refractivity contribution in [3.63, 3.8) is 0 Å². The number of nitrogens with zero attached hydrogens (tertiary/aromatic N) is 1. The highest BCUT2D eigenvalue weighted by atomic mass is 35.5. The van der Waals surface area contributed by atoms with E-state index >= 15 is 0 Å². The average Bonchev–Trinajstić information content (AvgIpc) is 2.20. The van der Waals surface area contributed by atoms with E-state index in [4.69, 9.17) is 21.6 Å². The number of ether oxygens (including phenoxy) is 1. The first kappa shape index (κ1) is 10.6. The molecule has 1 atom stereocenters. The Bertz CT molecular complexity index is 384. The zero-order chi connectivity index (χ0) is 10.6. The number of carbonyl (C=O) groups excluding carboxylic acids is 1. The van der Waals surface area contributed by atoms with E-state index in [1.165, 1.54) is 0 Å². The van der Waals surface area contributed by atoms with Gasteiger partial charge in [0.15, 0.2) is 12.4 Å². The van der Waals surface area contributed by atoms with Crippen molar-refractivity contribution < 1.29 is 9.53 Å². The van der Waals surface area contributed by atoms with Crippen LogP contribution in [0, 0.1) is 11.3 Å². The van der Waals surface area contributed by atoms with Gasteiger partial charge in [0.1, 0.15) is 11.8 Å². The van der Waals surface area contributed by atoms with Gasteiger partial charge in [-0.1, -0.05) is 17.7 Å². The van der Waals surface area contributed by atoms with E-state index in [2.05, 4.69) is 0 Å². The number of aldehydes is 1. The van der Waals surface area contributed by atoms with Crippen LogP contribution in [0.4, 0.5) is 0 Å². The Balaban J connectivity index is 3.06. The van der Waals surface area contributed by atoms with Crippen molar-refractivity contribution in [1.29, 1.82) is 5.26 Å². The van der Waals surface area contributed by atoms with Crippen LogP contribution in [0.1, 0.15) is 17.3 Å². The van der Waals surface area contributed by atoms with Crippen LogP contribution in [-0.4, -0.2) is 12.4 Å². The second-order valence-electron chi connectivity index (χ2n) is 2.67. The minimum atomic E-state index is -0.631. The van der Waals surface area contributed by atoms with Crippen LogP contribution in [-0.2, 0) is 0 Å². The molecule has 0 saturated carbocycles. The molecule has 0 saturated heterocycles. The number of halogens is 1. The van der Waals surface area contributed by atoms with E-state index in [0.717, 1.165) is 0 Å². The molecule has 0 aliphatic carbocycles. The van der Waals surface area contributed by atoms with Gasteiger partial charge in [-0.2, -0.15) is 5.26 Å². The van der Waals surface area contributed by atoms with Gasteiger partial charge >= 0.3 is 0 Å². The third-order valence-corrected chi connectivity index (χ3v) is 1.90. The summed E-state index contributed by atoms with van der Waals surface area (Å²) in [6.07, 6.45) is 0.0132. The predicted octanol–water partition coefficient (Wildman–Crippen LogP) is 2.44. The molecule has 0 N–H and O–H groups in total. The summed E-state index contributed by atoms with van der Waals surface area (Å²) in [5.74, 6) is 0.262. The average molecular weight is 210 g/mol. The van der Waals surface area contributed by atoms with E-state index in [0.29, 0.717) is 16.9 Å². The molecule has 1 aromatic rings. The molecule has 0 aliphatic rings. The Morgan fingerprint density at radius 3 is 2.93 bits per heavy atom. The van der Waals surface area contributed by atoms with E-state index in [9.17, 15) is 4.79 Å². The standard InChI is InChI=1S/C10H8ClNO2/c1-7(5-12)14-10-8(6-13)3-2-4-9(10)11/h2-4,6-7H,1H3. The molecular formula is C10H8ClNO2. The summed E-state index contributed by atoms with van der Waals surface area (Å²) in [6, 6.07) is 6.73. The van der Waals surface area contributed by atoms with Gasteiger partial charge in [0, 0.05) is 0 Å². The summed E-state index contributed by atoms with van der Waals surface area (Å²) in [6.45, 7) is 1.58. The van der Waals surface area contributed by atoms with Crippen molar-refractivity contribution in [1.82, 2.24) is 0 Å². The Hall–Kier alpha value is -1.53. The molecule has 0 bridgehead atoms. The van der Waals surface area contributed by atoms with Crippen LogP contribution in [0.15, 0.2) is 18.2 Å². The minimum Gasteiger partial charge on any atom is -0.474 e. The molecule has 0 heterocycles. The molecule has 1 unspecified atom stereocenters. The number of benzene rings is 1. The SMILES string of the molecule is CC(C#N)Oc1c(Cl)cccc1C=O. The fourth-order valence-corrected chi connectivity index (χ4v) is 1.17. The maximum absolute atomic E-state index is 10.6. The lowest BCUT2D eigenvalue weighted by Gasteiger charge is -2.10. The van der Waals surface area contributed by atoms with Gasteiger partial charge in [-0.3, -0.25) is 4.79 Å². The van der Waals surface area contributed by atoms with Crippen molar-refractivity contribution >= 4 is 17.9 Å². The fourth-order valence-electron chi connectivity index (χ4n) is 0.946. The van der Waals surface area contributed by atoms with Crippen LogP contribution in [0.25, 0.3) is 0 Å². The summed E-state index contributed by atoms with van der Waals surface area (Å²) >= 11 is 5.82. The second kappa shape index (κ2) is 4.64. The van der Waals surface area contributed by atoms with Gasteiger partial charge in [-0.05, 0) is 19.1 Å². The number of nitriles is 1. The smallest absolute Gasteiger partial charge is 0.181 e. The monoisotopic (exact) mass is 209 g/mol. The third kappa shape index (κ3) is 2.24. The van der Waals surface area contributed by atoms with Gasteiger partial charge in [0.2, 0.25) is 0 Å². The first-order valence-electron chi connectivity index (χ1n) is 3.99. The molecule has 1 aromatic carbocycles. The number of rotatable bonds is 3. The van der Waals surface area contributed by atoms with Crippen molar-refractivity contribution in [2.45, 2.75) is 13.0 Å². The molecule has 0 spiro atoms. The van der Waals surface area contributed by atoms with Crippen molar-refractivity contribution in [3.8, 4) is 11.8 Å². The van der Waals surface area contributed by atoms with E-state index in [1.54, 1.807) is 25.1 Å². The molecule has 1 rings (SSSR count). The largest absolute Gasteiger partial charge is 0.474 e. The number of hydrogen-bond donors (Lipinski definition) is 0. The maximum atomic E-state index is 10.6. The van der Waals surface area contributed by atoms with Crippen LogP contribution < -0.4 is 4.74 Å². The van der Waals surface area contributed by atoms with Gasteiger partial charge in [-0.25, -0.2) is 0 Å². The summed E-state index contributed by atoms with van der Waals surface area (Å²) in [7, 11) is 0. The normalized spacial score (nSPS) is 11.5. The number of hydrogen-bond acceptors (Lipinski definition) is 3. The van der Waals surface area contributed by atoms with Gasteiger partial charge in [-0.15, -0.1) is 0 Å². The molecule has 14 heavy (non-hydrogen) atoms. The summed E-state index contributed by atoms with van der Waals surface area (Å²) in [5.41, 5.74) is 0.347. The lowest BCUT2D eigenvalue weighted by atomic mass is 10.2. The van der Waals surface area contributed by atoms with E-state index in [-0.39, 0.29) is 5.75 Å². The van der Waals surface area contributed by atoms with Crippen molar-refractivity contribution in [3.05, 3.63) is 28.8 Å².